The lowest BCUT2D eigenvalue weighted by Gasteiger charge is -2.16. The summed E-state index contributed by atoms with van der Waals surface area (Å²) in [6.07, 6.45) is 2.09. The van der Waals surface area contributed by atoms with Crippen LogP contribution in [0.1, 0.15) is 35.6 Å². The van der Waals surface area contributed by atoms with Crippen LogP contribution in [0.4, 0.5) is 0 Å². The van der Waals surface area contributed by atoms with Gasteiger partial charge in [-0.05, 0) is 30.2 Å². The fourth-order valence-corrected chi connectivity index (χ4v) is 3.51. The Morgan fingerprint density at radius 1 is 1.28 bits per heavy atom. The number of phenolic OH excluding ortho intramolecular Hbond substituents is 1. The molecule has 5 heteroatoms. The molecule has 0 amide bonds. The quantitative estimate of drug-likeness (QED) is 0.850. The van der Waals surface area contributed by atoms with E-state index in [4.69, 9.17) is 18.9 Å². The Kier molecular flexibility index (Phi) is 3.71. The number of ether oxygens (including phenoxy) is 4. The maximum Gasteiger partial charge on any atom is 0.231 e. The van der Waals surface area contributed by atoms with Crippen LogP contribution in [0.15, 0.2) is 36.9 Å². The predicted octanol–water partition coefficient (Wildman–Crippen LogP) is 4.10. The molecule has 1 N–H and O–H groups in total. The second-order valence-corrected chi connectivity index (χ2v) is 6.26. The molecule has 0 aliphatic carbocycles. The molecule has 2 aliphatic rings. The van der Waals surface area contributed by atoms with Crippen molar-refractivity contribution in [1.29, 1.82) is 0 Å². The molecule has 0 aromatic heterocycles. The highest BCUT2D eigenvalue weighted by Gasteiger charge is 2.36. The summed E-state index contributed by atoms with van der Waals surface area (Å²) in [7, 11) is 1.55. The van der Waals surface area contributed by atoms with E-state index in [0.29, 0.717) is 23.5 Å². The van der Waals surface area contributed by atoms with E-state index >= 15 is 0 Å². The smallest absolute Gasteiger partial charge is 0.231 e. The van der Waals surface area contributed by atoms with Crippen LogP contribution in [0.5, 0.6) is 28.7 Å². The highest BCUT2D eigenvalue weighted by molar-refractivity contribution is 5.61. The van der Waals surface area contributed by atoms with Gasteiger partial charge in [-0.2, -0.15) is 0 Å². The molecule has 0 bridgehead atoms. The number of hydrogen-bond donors (Lipinski definition) is 1. The lowest BCUT2D eigenvalue weighted by atomic mass is 9.91. The molecule has 0 fully saturated rings. The number of rotatable bonds is 4. The molecule has 2 atom stereocenters. The standard InChI is InChI=1S/C20H20O5/c1-4-5-13-18(21)17(22-3)9-14-11(2)19(25-20(13)14)12-6-7-15-16(8-12)24-10-23-15/h4,6-9,11,19,21H,1,5,10H2,2-3H3/t11-,19+/m0/s1. The number of methoxy groups -OCH3 is 1. The Morgan fingerprint density at radius 3 is 2.84 bits per heavy atom. The second kappa shape index (κ2) is 5.92. The second-order valence-electron chi connectivity index (χ2n) is 6.26. The molecule has 5 nitrogen and oxygen atoms in total. The average Bonchev–Trinajstić information content (AvgIpc) is 3.21. The van der Waals surface area contributed by atoms with Crippen LogP contribution in [-0.2, 0) is 6.42 Å². The van der Waals surface area contributed by atoms with Crippen LogP contribution in [0, 0.1) is 0 Å². The first kappa shape index (κ1) is 15.7. The summed E-state index contributed by atoms with van der Waals surface area (Å²) in [6.45, 7) is 6.13. The minimum Gasteiger partial charge on any atom is -0.504 e. The SMILES string of the molecule is C=CCc1c(O)c(OC)cc2c1O[C@@H](c1ccc3c(c1)OCO3)[C@H]2C. The van der Waals surface area contributed by atoms with Gasteiger partial charge >= 0.3 is 0 Å². The average molecular weight is 340 g/mol. The van der Waals surface area contributed by atoms with Crippen LogP contribution in [0.2, 0.25) is 0 Å². The first-order valence-electron chi connectivity index (χ1n) is 8.23. The molecule has 2 heterocycles. The number of fused-ring (bicyclic) bond motifs is 2. The number of phenols is 1. The first-order valence-corrected chi connectivity index (χ1v) is 8.23. The van der Waals surface area contributed by atoms with Gasteiger partial charge in [0.15, 0.2) is 23.0 Å². The Hall–Kier alpha value is -2.82. The fraction of sp³-hybridized carbons (Fsp3) is 0.300. The fourth-order valence-electron chi connectivity index (χ4n) is 3.51. The largest absolute Gasteiger partial charge is 0.504 e. The van der Waals surface area contributed by atoms with Gasteiger partial charge < -0.3 is 24.1 Å². The summed E-state index contributed by atoms with van der Waals surface area (Å²) in [5, 5.41) is 10.5. The number of aromatic hydroxyl groups is 1. The van der Waals surface area contributed by atoms with Crippen molar-refractivity contribution in [3.05, 3.63) is 53.6 Å². The van der Waals surface area contributed by atoms with Crippen LogP contribution in [-0.4, -0.2) is 19.0 Å². The Bertz CT molecular complexity index is 842. The van der Waals surface area contributed by atoms with E-state index in [1.165, 1.54) is 0 Å². The van der Waals surface area contributed by atoms with Crippen molar-refractivity contribution in [1.82, 2.24) is 0 Å². The minimum absolute atomic E-state index is 0.105. The minimum atomic E-state index is -0.167. The van der Waals surface area contributed by atoms with Crippen molar-refractivity contribution in [2.45, 2.75) is 25.4 Å². The Labute approximate surface area is 146 Å². The highest BCUT2D eigenvalue weighted by atomic mass is 16.7. The predicted molar refractivity (Wildman–Crippen MR) is 92.9 cm³/mol. The molecule has 0 spiro atoms. The lowest BCUT2D eigenvalue weighted by molar-refractivity contribution is 0.173. The van der Waals surface area contributed by atoms with Crippen LogP contribution in [0.3, 0.4) is 0 Å². The van der Waals surface area contributed by atoms with E-state index < -0.39 is 0 Å². The van der Waals surface area contributed by atoms with Gasteiger partial charge in [0.25, 0.3) is 0 Å². The molecule has 4 rings (SSSR count). The molecule has 0 saturated heterocycles. The van der Waals surface area contributed by atoms with Crippen molar-refractivity contribution in [3.8, 4) is 28.7 Å². The van der Waals surface area contributed by atoms with E-state index in [-0.39, 0.29) is 24.6 Å². The molecule has 2 aromatic carbocycles. The third kappa shape index (κ3) is 2.38. The van der Waals surface area contributed by atoms with E-state index in [9.17, 15) is 5.11 Å². The lowest BCUT2D eigenvalue weighted by Crippen LogP contribution is -2.07. The van der Waals surface area contributed by atoms with Crippen molar-refractivity contribution in [3.63, 3.8) is 0 Å². The third-order valence-electron chi connectivity index (χ3n) is 4.83. The molecule has 25 heavy (non-hydrogen) atoms. The topological polar surface area (TPSA) is 57.2 Å². The molecular weight excluding hydrogens is 320 g/mol. The van der Waals surface area contributed by atoms with E-state index in [1.54, 1.807) is 13.2 Å². The summed E-state index contributed by atoms with van der Waals surface area (Å²) in [4.78, 5) is 0. The normalized spacial score (nSPS) is 20.1. The van der Waals surface area contributed by atoms with Crippen LogP contribution < -0.4 is 18.9 Å². The monoisotopic (exact) mass is 340 g/mol. The summed E-state index contributed by atoms with van der Waals surface area (Å²) < 4.78 is 22.5. The van der Waals surface area contributed by atoms with Gasteiger partial charge in [-0.1, -0.05) is 19.1 Å². The van der Waals surface area contributed by atoms with Gasteiger partial charge in [0, 0.05) is 17.0 Å². The molecule has 2 aromatic rings. The first-order chi connectivity index (χ1) is 12.1. The molecule has 130 valence electrons. The number of allylic oxidation sites excluding steroid dienone is 1. The van der Waals surface area contributed by atoms with Crippen molar-refractivity contribution in [2.75, 3.05) is 13.9 Å². The van der Waals surface area contributed by atoms with Gasteiger partial charge in [0.1, 0.15) is 11.9 Å². The van der Waals surface area contributed by atoms with Gasteiger partial charge in [-0.25, -0.2) is 0 Å². The van der Waals surface area contributed by atoms with E-state index in [1.807, 2.05) is 24.3 Å². The molecular formula is C20H20O5. The summed E-state index contributed by atoms with van der Waals surface area (Å²) in [5.41, 5.74) is 2.74. The maximum atomic E-state index is 10.5. The molecule has 0 radical (unpaired) electrons. The molecule has 0 unspecified atom stereocenters. The number of hydrogen-bond acceptors (Lipinski definition) is 5. The summed E-state index contributed by atoms with van der Waals surface area (Å²) in [6, 6.07) is 7.71. The van der Waals surface area contributed by atoms with E-state index in [2.05, 4.69) is 13.5 Å². The van der Waals surface area contributed by atoms with E-state index in [0.717, 1.165) is 22.6 Å². The summed E-state index contributed by atoms with van der Waals surface area (Å²) in [5.74, 6) is 2.87. The zero-order valence-electron chi connectivity index (χ0n) is 14.2. The Morgan fingerprint density at radius 2 is 2.08 bits per heavy atom. The number of benzene rings is 2. The van der Waals surface area contributed by atoms with Gasteiger partial charge in [0.2, 0.25) is 6.79 Å². The highest BCUT2D eigenvalue weighted by Crippen LogP contribution is 2.53. The zero-order chi connectivity index (χ0) is 17.6. The van der Waals surface area contributed by atoms with Crippen molar-refractivity contribution >= 4 is 0 Å². The molecule has 0 saturated carbocycles. The molecule has 2 aliphatic heterocycles. The van der Waals surface area contributed by atoms with Gasteiger partial charge in [-0.15, -0.1) is 6.58 Å². The zero-order valence-corrected chi connectivity index (χ0v) is 14.2. The summed E-state index contributed by atoms with van der Waals surface area (Å²) >= 11 is 0. The van der Waals surface area contributed by atoms with Crippen LogP contribution in [0.25, 0.3) is 0 Å². The maximum absolute atomic E-state index is 10.5. The van der Waals surface area contributed by atoms with Crippen molar-refractivity contribution < 1.29 is 24.1 Å². The Balaban J connectivity index is 1.77. The van der Waals surface area contributed by atoms with Gasteiger partial charge in [0.05, 0.1) is 7.11 Å². The van der Waals surface area contributed by atoms with Crippen LogP contribution >= 0.6 is 0 Å². The van der Waals surface area contributed by atoms with Crippen molar-refractivity contribution in [2.24, 2.45) is 0 Å². The van der Waals surface area contributed by atoms with Gasteiger partial charge in [-0.3, -0.25) is 0 Å². The third-order valence-corrected chi connectivity index (χ3v) is 4.83.